The van der Waals surface area contributed by atoms with Gasteiger partial charge in [0.1, 0.15) is 5.75 Å². The zero-order valence-electron chi connectivity index (χ0n) is 6.82. The molecule has 1 N–H and O–H groups in total. The van der Waals surface area contributed by atoms with Crippen molar-refractivity contribution in [2.24, 2.45) is 0 Å². The Labute approximate surface area is 75.5 Å². The molecule has 3 nitrogen and oxygen atoms in total. The molecule has 0 unspecified atom stereocenters. The van der Waals surface area contributed by atoms with E-state index in [1.54, 1.807) is 0 Å². The van der Waals surface area contributed by atoms with Gasteiger partial charge >= 0.3 is 0 Å². The van der Waals surface area contributed by atoms with Crippen LogP contribution in [-0.4, -0.2) is 10.9 Å². The van der Waals surface area contributed by atoms with Gasteiger partial charge < -0.3 is 5.11 Å². The number of nitrogens with zero attached hydrogens (tertiary/aromatic N) is 1. The Morgan fingerprint density at radius 1 is 1.62 bits per heavy atom. The van der Waals surface area contributed by atoms with Gasteiger partial charge in [-0.2, -0.15) is 5.26 Å². The third-order valence-corrected chi connectivity index (χ3v) is 1.58. The second-order valence-electron chi connectivity index (χ2n) is 2.41. The van der Waals surface area contributed by atoms with Crippen molar-refractivity contribution in [2.75, 3.05) is 0 Å². The number of hydrogen-bond donors (Lipinski definition) is 1. The highest BCUT2D eigenvalue weighted by atomic mass is 16.3. The molecule has 0 amide bonds. The van der Waals surface area contributed by atoms with Crippen molar-refractivity contribution in [3.63, 3.8) is 0 Å². The van der Waals surface area contributed by atoms with Crippen LogP contribution in [0, 0.1) is 11.3 Å². The Morgan fingerprint density at radius 3 is 2.85 bits per heavy atom. The number of carbonyl (C=O) groups is 1. The fraction of sp³-hybridized carbons (Fsp3) is 0. The fourth-order valence-corrected chi connectivity index (χ4v) is 0.913. The molecule has 0 radical (unpaired) electrons. The number of phenolic OH excluding ortho intramolecular Hbond substituents is 1. The summed E-state index contributed by atoms with van der Waals surface area (Å²) < 4.78 is 0. The summed E-state index contributed by atoms with van der Waals surface area (Å²) in [5, 5.41) is 17.8. The van der Waals surface area contributed by atoms with Crippen molar-refractivity contribution in [1.82, 2.24) is 0 Å². The molecule has 1 rings (SSSR count). The third kappa shape index (κ3) is 1.74. The van der Waals surface area contributed by atoms with Crippen molar-refractivity contribution < 1.29 is 9.90 Å². The van der Waals surface area contributed by atoms with Gasteiger partial charge in [0.2, 0.25) is 0 Å². The molecular formula is C10H7NO2. The molecule has 0 spiro atoms. The van der Waals surface area contributed by atoms with Gasteiger partial charge in [-0.1, -0.05) is 6.58 Å². The quantitative estimate of drug-likeness (QED) is 0.546. The predicted octanol–water partition coefficient (Wildman–Crippen LogP) is 1.63. The largest absolute Gasteiger partial charge is 0.507 e. The van der Waals surface area contributed by atoms with Gasteiger partial charge in [0, 0.05) is 0 Å². The van der Waals surface area contributed by atoms with Crippen LogP contribution in [0.4, 0.5) is 0 Å². The number of allylic oxidation sites excluding steroid dienone is 1. The van der Waals surface area contributed by atoms with E-state index in [4.69, 9.17) is 5.26 Å². The monoisotopic (exact) mass is 173 g/mol. The zero-order chi connectivity index (χ0) is 9.84. The lowest BCUT2D eigenvalue weighted by Crippen LogP contribution is -1.94. The van der Waals surface area contributed by atoms with Crippen LogP contribution in [0.15, 0.2) is 30.9 Å². The van der Waals surface area contributed by atoms with E-state index in [2.05, 4.69) is 6.58 Å². The molecule has 0 aliphatic carbocycles. The van der Waals surface area contributed by atoms with Crippen molar-refractivity contribution in [3.8, 4) is 11.8 Å². The minimum Gasteiger partial charge on any atom is -0.507 e. The molecule has 13 heavy (non-hydrogen) atoms. The topological polar surface area (TPSA) is 61.1 Å². The maximum Gasteiger partial charge on any atom is 0.189 e. The number of phenols is 1. The number of carbonyl (C=O) groups excluding carboxylic acids is 1. The Hall–Kier alpha value is -2.08. The molecule has 1 aromatic carbocycles. The van der Waals surface area contributed by atoms with Crippen LogP contribution >= 0.6 is 0 Å². The number of hydrogen-bond acceptors (Lipinski definition) is 3. The number of aromatic hydroxyl groups is 1. The number of rotatable bonds is 2. The highest BCUT2D eigenvalue weighted by molar-refractivity contribution is 6.06. The van der Waals surface area contributed by atoms with Gasteiger partial charge in [-0.25, -0.2) is 0 Å². The molecule has 0 bridgehead atoms. The van der Waals surface area contributed by atoms with Gasteiger partial charge in [-0.15, -0.1) is 0 Å². The maximum atomic E-state index is 11.1. The van der Waals surface area contributed by atoms with E-state index in [-0.39, 0.29) is 11.3 Å². The van der Waals surface area contributed by atoms with Gasteiger partial charge in [0.05, 0.1) is 17.2 Å². The first-order valence-corrected chi connectivity index (χ1v) is 3.59. The first-order chi connectivity index (χ1) is 6.19. The SMILES string of the molecule is C=CC(=O)c1cc(C#N)ccc1O. The van der Waals surface area contributed by atoms with Crippen LogP contribution in [-0.2, 0) is 0 Å². The summed E-state index contributed by atoms with van der Waals surface area (Å²) in [6.07, 6.45) is 1.09. The van der Waals surface area contributed by atoms with Crippen molar-refractivity contribution in [1.29, 1.82) is 5.26 Å². The Kier molecular flexibility index (Phi) is 2.46. The predicted molar refractivity (Wildman–Crippen MR) is 47.3 cm³/mol. The highest BCUT2D eigenvalue weighted by Crippen LogP contribution is 2.18. The second-order valence-corrected chi connectivity index (χ2v) is 2.41. The molecule has 1 aromatic rings. The van der Waals surface area contributed by atoms with E-state index in [1.807, 2.05) is 6.07 Å². The van der Waals surface area contributed by atoms with Crippen LogP contribution in [0.1, 0.15) is 15.9 Å². The average molecular weight is 173 g/mol. The lowest BCUT2D eigenvalue weighted by Gasteiger charge is -1.99. The molecule has 64 valence electrons. The molecule has 0 saturated heterocycles. The van der Waals surface area contributed by atoms with Crippen LogP contribution in [0.3, 0.4) is 0 Å². The summed E-state index contributed by atoms with van der Waals surface area (Å²) in [4.78, 5) is 11.1. The Bertz CT molecular complexity index is 402. The van der Waals surface area contributed by atoms with Crippen molar-refractivity contribution >= 4 is 5.78 Å². The van der Waals surface area contributed by atoms with Gasteiger partial charge in [-0.05, 0) is 24.3 Å². The van der Waals surface area contributed by atoms with Gasteiger partial charge in [-0.3, -0.25) is 4.79 Å². The van der Waals surface area contributed by atoms with Gasteiger partial charge in [0.25, 0.3) is 0 Å². The smallest absolute Gasteiger partial charge is 0.189 e. The highest BCUT2D eigenvalue weighted by Gasteiger charge is 2.07. The summed E-state index contributed by atoms with van der Waals surface area (Å²) in [5.41, 5.74) is 0.442. The van der Waals surface area contributed by atoms with E-state index >= 15 is 0 Å². The number of benzene rings is 1. The fourth-order valence-electron chi connectivity index (χ4n) is 0.913. The minimum atomic E-state index is -0.394. The van der Waals surface area contributed by atoms with Gasteiger partial charge in [0.15, 0.2) is 5.78 Å². The first-order valence-electron chi connectivity index (χ1n) is 3.59. The van der Waals surface area contributed by atoms with E-state index in [9.17, 15) is 9.90 Å². The number of nitriles is 1. The molecule has 0 aromatic heterocycles. The molecule has 0 saturated carbocycles. The van der Waals surface area contributed by atoms with Crippen LogP contribution in [0.5, 0.6) is 5.75 Å². The summed E-state index contributed by atoms with van der Waals surface area (Å²) in [5.74, 6) is -0.529. The summed E-state index contributed by atoms with van der Waals surface area (Å²) in [7, 11) is 0. The summed E-state index contributed by atoms with van der Waals surface area (Å²) in [6.45, 7) is 3.29. The van der Waals surface area contributed by atoms with Crippen molar-refractivity contribution in [3.05, 3.63) is 42.0 Å². The zero-order valence-corrected chi connectivity index (χ0v) is 6.82. The van der Waals surface area contributed by atoms with E-state index < -0.39 is 5.78 Å². The first kappa shape index (κ1) is 9.01. The lowest BCUT2D eigenvalue weighted by molar-refractivity contribution is 0.104. The normalized spacial score (nSPS) is 8.85. The molecule has 0 fully saturated rings. The third-order valence-electron chi connectivity index (χ3n) is 1.58. The van der Waals surface area contributed by atoms with E-state index in [0.29, 0.717) is 5.56 Å². The van der Waals surface area contributed by atoms with Crippen LogP contribution in [0.25, 0.3) is 0 Å². The Balaban J connectivity index is 3.28. The van der Waals surface area contributed by atoms with Crippen molar-refractivity contribution in [2.45, 2.75) is 0 Å². The number of ketones is 1. The van der Waals surface area contributed by atoms with Crippen LogP contribution in [0.2, 0.25) is 0 Å². The molecule has 3 heteroatoms. The van der Waals surface area contributed by atoms with E-state index in [0.717, 1.165) is 6.08 Å². The molecule has 0 heterocycles. The maximum absolute atomic E-state index is 11.1. The average Bonchev–Trinajstić information content (AvgIpc) is 2.17. The lowest BCUT2D eigenvalue weighted by atomic mass is 10.1. The summed E-state index contributed by atoms with van der Waals surface area (Å²) >= 11 is 0. The Morgan fingerprint density at radius 2 is 2.31 bits per heavy atom. The molecule has 0 atom stereocenters. The molecular weight excluding hydrogens is 166 g/mol. The molecule has 0 aliphatic heterocycles. The molecule has 0 aliphatic rings. The second kappa shape index (κ2) is 3.55. The van der Waals surface area contributed by atoms with E-state index in [1.165, 1.54) is 18.2 Å². The standard InChI is InChI=1S/C10H7NO2/c1-2-9(12)8-5-7(6-11)3-4-10(8)13/h2-5,13H,1H2. The van der Waals surface area contributed by atoms with Crippen LogP contribution < -0.4 is 0 Å². The minimum absolute atomic E-state index is 0.106. The summed E-state index contributed by atoms with van der Waals surface area (Å²) in [6, 6.07) is 5.96.